The topological polar surface area (TPSA) is 71.5 Å². The Morgan fingerprint density at radius 2 is 2.25 bits per heavy atom. The number of likely N-dealkylation sites (tertiary alicyclic amines) is 1. The van der Waals surface area contributed by atoms with Crippen LogP contribution in [0.25, 0.3) is 0 Å². The maximum atomic E-state index is 9.20. The van der Waals surface area contributed by atoms with Crippen LogP contribution in [0, 0.1) is 11.3 Å². The standard InChI is InChI=1S/C15H21N3O2/c1-19-8-7-18-6-5-13(17)15(18)11-3-4-14(20-2)12(9-11)10-16/h3-4,9,13,15H,5-8,17H2,1-2H3. The Hall–Kier alpha value is -1.61. The van der Waals surface area contributed by atoms with Gasteiger partial charge in [0.05, 0.1) is 25.3 Å². The minimum atomic E-state index is 0.0896. The Morgan fingerprint density at radius 1 is 1.45 bits per heavy atom. The molecule has 1 aromatic rings. The summed E-state index contributed by atoms with van der Waals surface area (Å²) < 4.78 is 10.3. The van der Waals surface area contributed by atoms with Crippen LogP contribution >= 0.6 is 0 Å². The lowest BCUT2D eigenvalue weighted by atomic mass is 9.98. The molecule has 2 N–H and O–H groups in total. The van der Waals surface area contributed by atoms with Crippen LogP contribution < -0.4 is 10.5 Å². The lowest BCUT2D eigenvalue weighted by molar-refractivity contribution is 0.139. The fraction of sp³-hybridized carbons (Fsp3) is 0.533. The summed E-state index contributed by atoms with van der Waals surface area (Å²) in [5.74, 6) is 0.603. The summed E-state index contributed by atoms with van der Waals surface area (Å²) in [7, 11) is 3.27. The molecule has 1 saturated heterocycles. The number of nitriles is 1. The van der Waals surface area contributed by atoms with Crippen molar-refractivity contribution in [3.8, 4) is 11.8 Å². The molecule has 0 amide bonds. The minimum absolute atomic E-state index is 0.0896. The van der Waals surface area contributed by atoms with Crippen LogP contribution in [0.2, 0.25) is 0 Å². The van der Waals surface area contributed by atoms with Gasteiger partial charge in [-0.25, -0.2) is 0 Å². The van der Waals surface area contributed by atoms with Crippen molar-refractivity contribution in [1.29, 1.82) is 5.26 Å². The first-order chi connectivity index (χ1) is 9.71. The van der Waals surface area contributed by atoms with Gasteiger partial charge in [0.1, 0.15) is 11.8 Å². The molecule has 0 spiro atoms. The van der Waals surface area contributed by atoms with Crippen molar-refractivity contribution in [3.63, 3.8) is 0 Å². The van der Waals surface area contributed by atoms with E-state index >= 15 is 0 Å². The predicted octanol–water partition coefficient (Wildman–Crippen LogP) is 1.29. The molecule has 2 atom stereocenters. The predicted molar refractivity (Wildman–Crippen MR) is 76.5 cm³/mol. The molecule has 1 heterocycles. The highest BCUT2D eigenvalue weighted by Gasteiger charge is 2.32. The molecule has 108 valence electrons. The van der Waals surface area contributed by atoms with Crippen LogP contribution in [0.5, 0.6) is 5.75 Å². The van der Waals surface area contributed by atoms with Crippen molar-refractivity contribution < 1.29 is 9.47 Å². The molecule has 1 fully saturated rings. The highest BCUT2D eigenvalue weighted by atomic mass is 16.5. The average Bonchev–Trinajstić information content (AvgIpc) is 2.85. The molecule has 1 aromatic carbocycles. The molecule has 0 aromatic heterocycles. The molecule has 1 aliphatic heterocycles. The van der Waals surface area contributed by atoms with Crippen molar-refractivity contribution in [1.82, 2.24) is 4.90 Å². The average molecular weight is 275 g/mol. The van der Waals surface area contributed by atoms with Crippen molar-refractivity contribution >= 4 is 0 Å². The van der Waals surface area contributed by atoms with E-state index in [0.29, 0.717) is 17.9 Å². The molecule has 0 bridgehead atoms. The number of nitrogens with zero attached hydrogens (tertiary/aromatic N) is 2. The van der Waals surface area contributed by atoms with Gasteiger partial charge in [-0.15, -0.1) is 0 Å². The summed E-state index contributed by atoms with van der Waals surface area (Å²) in [5.41, 5.74) is 7.86. The number of rotatable bonds is 5. The number of methoxy groups -OCH3 is 2. The second-order valence-corrected chi connectivity index (χ2v) is 5.00. The van der Waals surface area contributed by atoms with Gasteiger partial charge >= 0.3 is 0 Å². The SMILES string of the molecule is COCCN1CCC(N)C1c1ccc(OC)c(C#N)c1. The van der Waals surface area contributed by atoms with Gasteiger partial charge in [0.2, 0.25) is 0 Å². The number of nitrogens with two attached hydrogens (primary N) is 1. The van der Waals surface area contributed by atoms with Gasteiger partial charge in [0, 0.05) is 26.2 Å². The van der Waals surface area contributed by atoms with E-state index in [0.717, 1.165) is 25.1 Å². The molecule has 1 aliphatic rings. The van der Waals surface area contributed by atoms with Gasteiger partial charge in [-0.05, 0) is 24.1 Å². The summed E-state index contributed by atoms with van der Waals surface area (Å²) in [5, 5.41) is 9.20. The molecule has 20 heavy (non-hydrogen) atoms. The minimum Gasteiger partial charge on any atom is -0.495 e. The van der Waals surface area contributed by atoms with E-state index in [2.05, 4.69) is 11.0 Å². The number of ether oxygens (including phenoxy) is 2. The van der Waals surface area contributed by atoms with Crippen LogP contribution in [0.15, 0.2) is 18.2 Å². The first-order valence-corrected chi connectivity index (χ1v) is 6.78. The molecule has 0 saturated carbocycles. The zero-order chi connectivity index (χ0) is 14.5. The van der Waals surface area contributed by atoms with E-state index in [1.54, 1.807) is 14.2 Å². The van der Waals surface area contributed by atoms with E-state index < -0.39 is 0 Å². The molecule has 2 unspecified atom stereocenters. The van der Waals surface area contributed by atoms with E-state index in [1.165, 1.54) is 0 Å². The fourth-order valence-electron chi connectivity index (χ4n) is 2.80. The smallest absolute Gasteiger partial charge is 0.136 e. The molecular formula is C15H21N3O2. The Balaban J connectivity index is 2.26. The quantitative estimate of drug-likeness (QED) is 0.876. The van der Waals surface area contributed by atoms with Gasteiger partial charge in [0.25, 0.3) is 0 Å². The molecule has 5 nitrogen and oxygen atoms in total. The second-order valence-electron chi connectivity index (χ2n) is 5.00. The molecule has 2 rings (SSSR count). The zero-order valence-electron chi connectivity index (χ0n) is 12.0. The summed E-state index contributed by atoms with van der Waals surface area (Å²) in [6.45, 7) is 2.50. The van der Waals surface area contributed by atoms with E-state index in [4.69, 9.17) is 15.2 Å². The highest BCUT2D eigenvalue weighted by Crippen LogP contribution is 2.33. The normalized spacial score (nSPS) is 22.7. The molecule has 0 radical (unpaired) electrons. The lowest BCUT2D eigenvalue weighted by Crippen LogP contribution is -2.33. The van der Waals surface area contributed by atoms with Crippen molar-refractivity contribution in [2.75, 3.05) is 33.9 Å². The Labute approximate surface area is 119 Å². The Morgan fingerprint density at radius 3 is 2.90 bits per heavy atom. The van der Waals surface area contributed by atoms with Crippen molar-refractivity contribution in [2.24, 2.45) is 5.73 Å². The second kappa shape index (κ2) is 6.71. The maximum absolute atomic E-state index is 9.20. The molecule has 0 aliphatic carbocycles. The van der Waals surface area contributed by atoms with Gasteiger partial charge in [-0.2, -0.15) is 5.26 Å². The largest absolute Gasteiger partial charge is 0.495 e. The monoisotopic (exact) mass is 275 g/mol. The van der Waals surface area contributed by atoms with Crippen LogP contribution in [-0.4, -0.2) is 44.9 Å². The van der Waals surface area contributed by atoms with Crippen LogP contribution in [-0.2, 0) is 4.74 Å². The summed E-state index contributed by atoms with van der Waals surface area (Å²) in [6.07, 6.45) is 0.961. The summed E-state index contributed by atoms with van der Waals surface area (Å²) in [6, 6.07) is 8.13. The van der Waals surface area contributed by atoms with Crippen molar-refractivity contribution in [3.05, 3.63) is 29.3 Å². The molecular weight excluding hydrogens is 254 g/mol. The van der Waals surface area contributed by atoms with Gasteiger partial charge in [0.15, 0.2) is 0 Å². The number of benzene rings is 1. The third-order valence-corrected chi connectivity index (χ3v) is 3.82. The lowest BCUT2D eigenvalue weighted by Gasteiger charge is -2.27. The maximum Gasteiger partial charge on any atom is 0.136 e. The van der Waals surface area contributed by atoms with Gasteiger partial charge in [-0.3, -0.25) is 4.90 Å². The summed E-state index contributed by atoms with van der Waals surface area (Å²) >= 11 is 0. The van der Waals surface area contributed by atoms with Gasteiger partial charge < -0.3 is 15.2 Å². The van der Waals surface area contributed by atoms with Crippen molar-refractivity contribution in [2.45, 2.75) is 18.5 Å². The van der Waals surface area contributed by atoms with Crippen LogP contribution in [0.3, 0.4) is 0 Å². The third-order valence-electron chi connectivity index (χ3n) is 3.82. The Bertz CT molecular complexity index is 498. The number of hydrogen-bond donors (Lipinski definition) is 1. The number of hydrogen-bond acceptors (Lipinski definition) is 5. The fourth-order valence-corrected chi connectivity index (χ4v) is 2.80. The first-order valence-electron chi connectivity index (χ1n) is 6.78. The van der Waals surface area contributed by atoms with E-state index in [9.17, 15) is 5.26 Å². The first kappa shape index (κ1) is 14.8. The zero-order valence-corrected chi connectivity index (χ0v) is 12.0. The summed E-state index contributed by atoms with van der Waals surface area (Å²) in [4.78, 5) is 2.32. The Kier molecular flexibility index (Phi) is 4.96. The van der Waals surface area contributed by atoms with Crippen LogP contribution in [0.4, 0.5) is 0 Å². The van der Waals surface area contributed by atoms with Gasteiger partial charge in [-0.1, -0.05) is 6.07 Å². The highest BCUT2D eigenvalue weighted by molar-refractivity contribution is 5.46. The van der Waals surface area contributed by atoms with Crippen LogP contribution in [0.1, 0.15) is 23.6 Å². The van der Waals surface area contributed by atoms with E-state index in [1.807, 2.05) is 18.2 Å². The molecule has 5 heteroatoms. The third kappa shape index (κ3) is 2.93. The van der Waals surface area contributed by atoms with E-state index in [-0.39, 0.29) is 12.1 Å².